The molecule has 0 radical (unpaired) electrons. The average molecular weight is 424 g/mol. The van der Waals surface area contributed by atoms with E-state index < -0.39 is 11.9 Å². The number of ether oxygens (including phenoxy) is 3. The minimum Gasteiger partial charge on any atom is -0.493 e. The Morgan fingerprint density at radius 1 is 0.968 bits per heavy atom. The highest BCUT2D eigenvalue weighted by atomic mass is 16.5. The molecule has 0 atom stereocenters. The molecule has 0 bridgehead atoms. The summed E-state index contributed by atoms with van der Waals surface area (Å²) in [6.45, 7) is 0. The molecule has 1 aromatic heterocycles. The molecule has 3 rings (SSSR count). The zero-order valence-electron chi connectivity index (χ0n) is 17.0. The number of carbonyl (C=O) groups is 2. The van der Waals surface area contributed by atoms with Crippen LogP contribution in [0.4, 0.5) is 0 Å². The molecule has 9 nitrogen and oxygen atoms in total. The van der Waals surface area contributed by atoms with E-state index in [1.165, 1.54) is 51.8 Å². The maximum absolute atomic E-state index is 12.4. The number of hydrazone groups is 1. The molecule has 0 saturated heterocycles. The van der Waals surface area contributed by atoms with Crippen molar-refractivity contribution in [2.75, 3.05) is 21.3 Å². The number of furan rings is 1. The first-order valence-corrected chi connectivity index (χ1v) is 9.03. The molecule has 0 fully saturated rings. The van der Waals surface area contributed by atoms with E-state index in [-0.39, 0.29) is 11.1 Å². The molecule has 31 heavy (non-hydrogen) atoms. The van der Waals surface area contributed by atoms with Gasteiger partial charge in [-0.3, -0.25) is 4.79 Å². The molecule has 0 aliphatic carbocycles. The van der Waals surface area contributed by atoms with E-state index >= 15 is 0 Å². The molecular weight excluding hydrogens is 404 g/mol. The Kier molecular flexibility index (Phi) is 6.56. The van der Waals surface area contributed by atoms with E-state index in [0.29, 0.717) is 34.3 Å². The summed E-state index contributed by atoms with van der Waals surface area (Å²) >= 11 is 0. The van der Waals surface area contributed by atoms with Crippen LogP contribution in [-0.4, -0.2) is 44.5 Å². The number of aromatic carboxylic acids is 1. The summed E-state index contributed by atoms with van der Waals surface area (Å²) in [5, 5.41) is 13.0. The van der Waals surface area contributed by atoms with E-state index in [1.807, 2.05) is 0 Å². The van der Waals surface area contributed by atoms with Gasteiger partial charge in [0.05, 0.1) is 33.1 Å². The molecule has 2 N–H and O–H groups in total. The van der Waals surface area contributed by atoms with Crippen LogP contribution >= 0.6 is 0 Å². The van der Waals surface area contributed by atoms with Gasteiger partial charge in [-0.15, -0.1) is 0 Å². The second-order valence-corrected chi connectivity index (χ2v) is 6.20. The van der Waals surface area contributed by atoms with Crippen LogP contribution in [-0.2, 0) is 0 Å². The van der Waals surface area contributed by atoms with E-state index in [4.69, 9.17) is 23.7 Å². The van der Waals surface area contributed by atoms with Crippen LogP contribution in [0.15, 0.2) is 58.0 Å². The number of amides is 1. The lowest BCUT2D eigenvalue weighted by molar-refractivity contribution is 0.0696. The number of methoxy groups -OCH3 is 3. The number of rotatable bonds is 8. The topological polar surface area (TPSA) is 120 Å². The molecule has 0 saturated carbocycles. The van der Waals surface area contributed by atoms with Crippen molar-refractivity contribution >= 4 is 18.1 Å². The van der Waals surface area contributed by atoms with Crippen molar-refractivity contribution < 1.29 is 33.3 Å². The summed E-state index contributed by atoms with van der Waals surface area (Å²) in [5.41, 5.74) is 3.43. The van der Waals surface area contributed by atoms with Gasteiger partial charge < -0.3 is 23.7 Å². The predicted octanol–water partition coefficient (Wildman–Crippen LogP) is 3.43. The highest BCUT2D eigenvalue weighted by Crippen LogP contribution is 2.38. The van der Waals surface area contributed by atoms with Gasteiger partial charge in [-0.25, -0.2) is 10.2 Å². The summed E-state index contributed by atoms with van der Waals surface area (Å²) < 4.78 is 21.4. The van der Waals surface area contributed by atoms with Gasteiger partial charge in [-0.1, -0.05) is 12.1 Å². The zero-order chi connectivity index (χ0) is 22.4. The standard InChI is InChI=1S/C22H20N2O7/c1-28-18-10-15(11-19(29-2)20(18)30-3)21(25)24-23-12-16-7-8-17(31-16)13-5-4-6-14(9-13)22(26)27/h4-12H,1-3H3,(H,24,25)(H,26,27)/b23-12+. The second-order valence-electron chi connectivity index (χ2n) is 6.20. The number of nitrogens with one attached hydrogen (secondary N) is 1. The van der Waals surface area contributed by atoms with Crippen LogP contribution in [0, 0.1) is 0 Å². The van der Waals surface area contributed by atoms with Crippen LogP contribution in [0.5, 0.6) is 17.2 Å². The summed E-state index contributed by atoms with van der Waals surface area (Å²) in [4.78, 5) is 23.5. The summed E-state index contributed by atoms with van der Waals surface area (Å²) in [5.74, 6) is 0.396. The molecule has 1 heterocycles. The summed E-state index contributed by atoms with van der Waals surface area (Å²) in [6.07, 6.45) is 1.33. The number of carbonyl (C=O) groups excluding carboxylic acids is 1. The SMILES string of the molecule is COc1cc(C(=O)N/N=C/c2ccc(-c3cccc(C(=O)O)c3)o2)cc(OC)c1OC. The Morgan fingerprint density at radius 2 is 1.68 bits per heavy atom. The number of nitrogens with zero attached hydrogens (tertiary/aromatic N) is 1. The lowest BCUT2D eigenvalue weighted by Gasteiger charge is -2.13. The quantitative estimate of drug-likeness (QED) is 0.420. The van der Waals surface area contributed by atoms with Crippen molar-refractivity contribution in [1.29, 1.82) is 0 Å². The fraction of sp³-hybridized carbons (Fsp3) is 0.136. The van der Waals surface area contributed by atoms with Crippen LogP contribution < -0.4 is 19.6 Å². The Morgan fingerprint density at radius 3 is 2.29 bits per heavy atom. The van der Waals surface area contributed by atoms with Gasteiger partial charge in [0.2, 0.25) is 5.75 Å². The first-order chi connectivity index (χ1) is 15.0. The molecule has 1 amide bonds. The second kappa shape index (κ2) is 9.49. The average Bonchev–Trinajstić information content (AvgIpc) is 3.26. The Bertz CT molecular complexity index is 1110. The van der Waals surface area contributed by atoms with E-state index in [0.717, 1.165) is 0 Å². The third kappa shape index (κ3) is 4.84. The van der Waals surface area contributed by atoms with Gasteiger partial charge in [0.1, 0.15) is 11.5 Å². The van der Waals surface area contributed by atoms with Crippen molar-refractivity contribution in [3.63, 3.8) is 0 Å². The molecule has 9 heteroatoms. The van der Waals surface area contributed by atoms with Gasteiger partial charge in [0, 0.05) is 11.1 Å². The fourth-order valence-corrected chi connectivity index (χ4v) is 2.81. The molecule has 0 unspecified atom stereocenters. The smallest absolute Gasteiger partial charge is 0.335 e. The van der Waals surface area contributed by atoms with Gasteiger partial charge in [0.15, 0.2) is 11.5 Å². The van der Waals surface area contributed by atoms with E-state index in [9.17, 15) is 9.59 Å². The van der Waals surface area contributed by atoms with Gasteiger partial charge in [0.25, 0.3) is 5.91 Å². The molecule has 0 spiro atoms. The van der Waals surface area contributed by atoms with E-state index in [2.05, 4.69) is 10.5 Å². The van der Waals surface area contributed by atoms with Crippen LogP contribution in [0.1, 0.15) is 26.5 Å². The maximum Gasteiger partial charge on any atom is 0.335 e. The molecule has 0 aliphatic heterocycles. The van der Waals surface area contributed by atoms with Crippen molar-refractivity contribution in [3.8, 4) is 28.6 Å². The third-order valence-electron chi connectivity index (χ3n) is 4.31. The largest absolute Gasteiger partial charge is 0.493 e. The number of carboxylic acid groups (broad SMARTS) is 1. The molecular formula is C22H20N2O7. The first-order valence-electron chi connectivity index (χ1n) is 9.03. The fourth-order valence-electron chi connectivity index (χ4n) is 2.81. The van der Waals surface area contributed by atoms with Crippen molar-refractivity contribution in [3.05, 3.63) is 65.4 Å². The number of hydrogen-bond donors (Lipinski definition) is 2. The molecule has 0 aliphatic rings. The van der Waals surface area contributed by atoms with Gasteiger partial charge >= 0.3 is 5.97 Å². The van der Waals surface area contributed by atoms with Gasteiger partial charge in [-0.05, 0) is 36.4 Å². The number of hydrogen-bond acceptors (Lipinski definition) is 7. The third-order valence-corrected chi connectivity index (χ3v) is 4.31. The number of benzene rings is 2. The monoisotopic (exact) mass is 424 g/mol. The minimum absolute atomic E-state index is 0.154. The van der Waals surface area contributed by atoms with Crippen molar-refractivity contribution in [2.45, 2.75) is 0 Å². The van der Waals surface area contributed by atoms with Gasteiger partial charge in [-0.2, -0.15) is 5.10 Å². The summed E-state index contributed by atoms with van der Waals surface area (Å²) in [7, 11) is 4.38. The molecule has 160 valence electrons. The molecule has 3 aromatic rings. The highest BCUT2D eigenvalue weighted by Gasteiger charge is 2.16. The Balaban J connectivity index is 1.72. The number of carboxylic acids is 1. The summed E-state index contributed by atoms with van der Waals surface area (Å²) in [6, 6.07) is 12.7. The molecule has 2 aromatic carbocycles. The maximum atomic E-state index is 12.4. The zero-order valence-corrected chi connectivity index (χ0v) is 17.0. The lowest BCUT2D eigenvalue weighted by Crippen LogP contribution is -2.18. The van der Waals surface area contributed by atoms with Crippen LogP contribution in [0.3, 0.4) is 0 Å². The Labute approximate surface area is 177 Å². The minimum atomic E-state index is -1.02. The lowest BCUT2D eigenvalue weighted by atomic mass is 10.1. The van der Waals surface area contributed by atoms with E-state index in [1.54, 1.807) is 24.3 Å². The van der Waals surface area contributed by atoms with Crippen LogP contribution in [0.25, 0.3) is 11.3 Å². The van der Waals surface area contributed by atoms with Crippen LogP contribution in [0.2, 0.25) is 0 Å². The normalized spacial score (nSPS) is 10.7. The first kappa shape index (κ1) is 21.4. The predicted molar refractivity (Wildman–Crippen MR) is 112 cm³/mol. The van der Waals surface area contributed by atoms with Crippen molar-refractivity contribution in [2.24, 2.45) is 5.10 Å². The highest BCUT2D eigenvalue weighted by molar-refractivity contribution is 5.96. The van der Waals surface area contributed by atoms with Crippen molar-refractivity contribution in [1.82, 2.24) is 5.43 Å². The Hall–Kier alpha value is -4.27.